The quantitative estimate of drug-likeness (QED) is 0.869. The highest BCUT2D eigenvalue weighted by Crippen LogP contribution is 2.18. The number of aromatic hydroxyl groups is 1. The van der Waals surface area contributed by atoms with E-state index >= 15 is 0 Å². The highest BCUT2D eigenvalue weighted by molar-refractivity contribution is 5.29. The second-order valence-electron chi connectivity index (χ2n) is 4.20. The molecule has 0 aromatic heterocycles. The molecule has 0 aliphatic heterocycles. The van der Waals surface area contributed by atoms with Crippen molar-refractivity contribution in [3.63, 3.8) is 0 Å². The highest BCUT2D eigenvalue weighted by Gasteiger charge is 2.01. The maximum absolute atomic E-state index is 9.38. The third kappa shape index (κ3) is 3.25. The van der Waals surface area contributed by atoms with Gasteiger partial charge in [-0.2, -0.15) is 0 Å². The van der Waals surface area contributed by atoms with Crippen LogP contribution in [0, 0.1) is 0 Å². The van der Waals surface area contributed by atoms with Gasteiger partial charge >= 0.3 is 0 Å². The van der Waals surface area contributed by atoms with Gasteiger partial charge in [0.1, 0.15) is 18.1 Å². The number of phenols is 1. The van der Waals surface area contributed by atoms with Gasteiger partial charge in [0.2, 0.25) is 0 Å². The molecule has 18 heavy (non-hydrogen) atoms. The molecule has 0 bridgehead atoms. The Bertz CT molecular complexity index is 486. The number of rotatable bonds is 4. The molecule has 0 radical (unpaired) electrons. The normalized spacial score (nSPS) is 12.1. The van der Waals surface area contributed by atoms with Crippen LogP contribution in [-0.2, 0) is 6.61 Å². The molecule has 0 amide bonds. The number of hydrogen-bond donors (Lipinski definition) is 2. The van der Waals surface area contributed by atoms with E-state index < -0.39 is 6.10 Å². The van der Waals surface area contributed by atoms with Gasteiger partial charge in [-0.1, -0.05) is 24.3 Å². The van der Waals surface area contributed by atoms with Crippen LogP contribution < -0.4 is 4.74 Å². The number of aliphatic hydroxyl groups is 1. The Morgan fingerprint density at radius 1 is 1.00 bits per heavy atom. The summed E-state index contributed by atoms with van der Waals surface area (Å²) in [5, 5.41) is 18.5. The highest BCUT2D eigenvalue weighted by atomic mass is 16.5. The van der Waals surface area contributed by atoms with Crippen molar-refractivity contribution in [1.82, 2.24) is 0 Å². The number of aliphatic hydroxyl groups excluding tert-OH is 1. The Balaban J connectivity index is 1.95. The van der Waals surface area contributed by atoms with E-state index in [1.165, 1.54) is 0 Å². The van der Waals surface area contributed by atoms with Crippen molar-refractivity contribution >= 4 is 0 Å². The van der Waals surface area contributed by atoms with E-state index in [1.807, 2.05) is 36.4 Å². The van der Waals surface area contributed by atoms with Crippen molar-refractivity contribution in [2.24, 2.45) is 0 Å². The van der Waals surface area contributed by atoms with Crippen LogP contribution in [0.3, 0.4) is 0 Å². The van der Waals surface area contributed by atoms with Gasteiger partial charge < -0.3 is 14.9 Å². The topological polar surface area (TPSA) is 49.7 Å². The average Bonchev–Trinajstić information content (AvgIpc) is 2.38. The van der Waals surface area contributed by atoms with Crippen molar-refractivity contribution in [2.45, 2.75) is 19.6 Å². The van der Waals surface area contributed by atoms with Crippen LogP contribution in [-0.4, -0.2) is 10.2 Å². The summed E-state index contributed by atoms with van der Waals surface area (Å²) in [6.45, 7) is 2.18. The van der Waals surface area contributed by atoms with Crippen molar-refractivity contribution in [3.05, 3.63) is 59.7 Å². The second-order valence-corrected chi connectivity index (χ2v) is 4.20. The van der Waals surface area contributed by atoms with Gasteiger partial charge in [-0.05, 0) is 42.3 Å². The summed E-state index contributed by atoms with van der Waals surface area (Å²) in [6, 6.07) is 14.3. The molecule has 2 aromatic carbocycles. The lowest BCUT2D eigenvalue weighted by atomic mass is 10.1. The summed E-state index contributed by atoms with van der Waals surface area (Å²) in [7, 11) is 0. The lowest BCUT2D eigenvalue weighted by Crippen LogP contribution is -1.96. The molecule has 2 rings (SSSR count). The molecular weight excluding hydrogens is 228 g/mol. The minimum Gasteiger partial charge on any atom is -0.508 e. The molecule has 0 unspecified atom stereocenters. The van der Waals surface area contributed by atoms with Crippen LogP contribution in [0.5, 0.6) is 11.5 Å². The Kier molecular flexibility index (Phi) is 3.85. The lowest BCUT2D eigenvalue weighted by Gasteiger charge is -2.08. The van der Waals surface area contributed by atoms with Crippen LogP contribution in [0.4, 0.5) is 0 Å². The zero-order valence-corrected chi connectivity index (χ0v) is 10.2. The predicted octanol–water partition coefficient (Wildman–Crippen LogP) is 3.02. The third-order valence-corrected chi connectivity index (χ3v) is 2.70. The molecule has 0 saturated carbocycles. The Hall–Kier alpha value is -2.00. The van der Waals surface area contributed by atoms with Crippen molar-refractivity contribution < 1.29 is 14.9 Å². The SMILES string of the molecule is C[C@H](O)c1ccc(OCc2ccc(O)cc2)cc1. The molecule has 3 nitrogen and oxygen atoms in total. The number of phenolic OH excluding ortho intramolecular Hbond substituents is 1. The molecule has 0 saturated heterocycles. The molecule has 2 aromatic rings. The van der Waals surface area contributed by atoms with Crippen molar-refractivity contribution in [2.75, 3.05) is 0 Å². The fraction of sp³-hybridized carbons (Fsp3) is 0.200. The summed E-state index contributed by atoms with van der Waals surface area (Å²) in [5.41, 5.74) is 1.86. The average molecular weight is 244 g/mol. The van der Waals surface area contributed by atoms with E-state index in [9.17, 15) is 5.11 Å². The van der Waals surface area contributed by atoms with Gasteiger partial charge in [0.25, 0.3) is 0 Å². The van der Waals surface area contributed by atoms with E-state index in [4.69, 9.17) is 9.84 Å². The molecule has 94 valence electrons. The Morgan fingerprint density at radius 2 is 1.61 bits per heavy atom. The fourth-order valence-electron chi connectivity index (χ4n) is 1.60. The van der Waals surface area contributed by atoms with Crippen LogP contribution >= 0.6 is 0 Å². The molecule has 0 spiro atoms. The minimum atomic E-state index is -0.462. The molecule has 3 heteroatoms. The number of ether oxygens (including phenoxy) is 1. The standard InChI is InChI=1S/C15H16O3/c1-11(16)13-4-8-15(9-5-13)18-10-12-2-6-14(17)7-3-12/h2-9,11,16-17H,10H2,1H3/t11-/m0/s1. The van der Waals surface area contributed by atoms with E-state index in [0.29, 0.717) is 6.61 Å². The molecule has 0 aliphatic carbocycles. The summed E-state index contributed by atoms with van der Waals surface area (Å²) in [6.07, 6.45) is -0.462. The molecule has 0 heterocycles. The van der Waals surface area contributed by atoms with Crippen molar-refractivity contribution in [1.29, 1.82) is 0 Å². The lowest BCUT2D eigenvalue weighted by molar-refractivity contribution is 0.199. The van der Waals surface area contributed by atoms with E-state index in [-0.39, 0.29) is 5.75 Å². The van der Waals surface area contributed by atoms with Gasteiger partial charge in [-0.3, -0.25) is 0 Å². The van der Waals surface area contributed by atoms with Crippen LogP contribution in [0.1, 0.15) is 24.2 Å². The van der Waals surface area contributed by atoms with Gasteiger partial charge in [0.15, 0.2) is 0 Å². The van der Waals surface area contributed by atoms with Gasteiger partial charge in [-0.25, -0.2) is 0 Å². The monoisotopic (exact) mass is 244 g/mol. The van der Waals surface area contributed by atoms with Gasteiger partial charge in [0.05, 0.1) is 6.10 Å². The van der Waals surface area contributed by atoms with E-state index in [0.717, 1.165) is 16.9 Å². The van der Waals surface area contributed by atoms with E-state index in [2.05, 4.69) is 0 Å². The zero-order valence-electron chi connectivity index (χ0n) is 10.2. The smallest absolute Gasteiger partial charge is 0.119 e. The number of benzene rings is 2. The fourth-order valence-corrected chi connectivity index (χ4v) is 1.60. The Morgan fingerprint density at radius 3 is 2.17 bits per heavy atom. The van der Waals surface area contributed by atoms with Crippen LogP contribution in [0.2, 0.25) is 0 Å². The van der Waals surface area contributed by atoms with E-state index in [1.54, 1.807) is 19.1 Å². The first-order valence-electron chi connectivity index (χ1n) is 5.84. The maximum atomic E-state index is 9.38. The van der Waals surface area contributed by atoms with Crippen molar-refractivity contribution in [3.8, 4) is 11.5 Å². The first kappa shape index (κ1) is 12.5. The molecule has 2 N–H and O–H groups in total. The molecule has 0 aliphatic rings. The molecule has 1 atom stereocenters. The molecule has 0 fully saturated rings. The summed E-state index contributed by atoms with van der Waals surface area (Å²) >= 11 is 0. The second kappa shape index (κ2) is 5.56. The Labute approximate surface area is 106 Å². The largest absolute Gasteiger partial charge is 0.508 e. The molecular formula is C15H16O3. The summed E-state index contributed by atoms with van der Waals surface area (Å²) in [5.74, 6) is 1.01. The van der Waals surface area contributed by atoms with Gasteiger partial charge in [-0.15, -0.1) is 0 Å². The predicted molar refractivity (Wildman–Crippen MR) is 69.5 cm³/mol. The summed E-state index contributed by atoms with van der Waals surface area (Å²) in [4.78, 5) is 0. The zero-order chi connectivity index (χ0) is 13.0. The van der Waals surface area contributed by atoms with Gasteiger partial charge in [0, 0.05) is 0 Å². The third-order valence-electron chi connectivity index (χ3n) is 2.70. The first-order valence-corrected chi connectivity index (χ1v) is 5.84. The maximum Gasteiger partial charge on any atom is 0.119 e. The number of hydrogen-bond acceptors (Lipinski definition) is 3. The van der Waals surface area contributed by atoms with Crippen LogP contribution in [0.25, 0.3) is 0 Å². The first-order chi connectivity index (χ1) is 8.65. The minimum absolute atomic E-state index is 0.250. The van der Waals surface area contributed by atoms with Crippen LogP contribution in [0.15, 0.2) is 48.5 Å². The summed E-state index contributed by atoms with van der Waals surface area (Å²) < 4.78 is 5.60.